The topological polar surface area (TPSA) is 72.3 Å². The van der Waals surface area contributed by atoms with Crippen LogP contribution < -0.4 is 0 Å². The van der Waals surface area contributed by atoms with Crippen LogP contribution >= 0.6 is 0 Å². The van der Waals surface area contributed by atoms with E-state index in [0.717, 1.165) is 31.4 Å². The zero-order valence-corrected chi connectivity index (χ0v) is 18.1. The number of rotatable bonds is 3. The molecule has 1 unspecified atom stereocenters. The predicted octanol–water partition coefficient (Wildman–Crippen LogP) is 3.05. The number of hydrogen-bond acceptors (Lipinski definition) is 4. The van der Waals surface area contributed by atoms with Gasteiger partial charge in [0.1, 0.15) is 0 Å². The minimum Gasteiger partial charge on any atom is -0.333 e. The van der Waals surface area contributed by atoms with Crippen molar-refractivity contribution in [2.45, 2.75) is 66.5 Å². The fraction of sp³-hybridized carbons (Fsp3) is 0.800. The molecule has 1 saturated heterocycles. The molecule has 1 aromatic rings. The Bertz CT molecular complexity index is 794. The van der Waals surface area contributed by atoms with E-state index < -0.39 is 15.9 Å². The molecular weight excluding hydrogens is 362 g/mol. The van der Waals surface area contributed by atoms with Crippen LogP contribution in [0.2, 0.25) is 0 Å². The van der Waals surface area contributed by atoms with Crippen molar-refractivity contribution in [3.05, 3.63) is 18.0 Å². The molecule has 0 N–H and O–H groups in total. The number of carbonyl (C=O) groups is 1. The van der Waals surface area contributed by atoms with Crippen molar-refractivity contribution in [3.8, 4) is 0 Å². The van der Waals surface area contributed by atoms with Crippen molar-refractivity contribution in [1.29, 1.82) is 0 Å². The van der Waals surface area contributed by atoms with Crippen LogP contribution in [0, 0.1) is 16.7 Å². The van der Waals surface area contributed by atoms with Crippen molar-refractivity contribution < 1.29 is 13.2 Å². The van der Waals surface area contributed by atoms with Gasteiger partial charge in [-0.25, -0.2) is 8.42 Å². The van der Waals surface area contributed by atoms with Crippen LogP contribution in [0.15, 0.2) is 12.4 Å². The van der Waals surface area contributed by atoms with Crippen molar-refractivity contribution >= 4 is 15.7 Å². The number of aryl methyl sites for hydroxylation is 1. The van der Waals surface area contributed by atoms with Gasteiger partial charge in [0.05, 0.1) is 23.7 Å². The summed E-state index contributed by atoms with van der Waals surface area (Å²) in [5, 5.41) is 4.29. The Morgan fingerprint density at radius 2 is 1.85 bits per heavy atom. The molecule has 1 aliphatic carbocycles. The average molecular weight is 396 g/mol. The minimum absolute atomic E-state index is 0.00630. The SMILES string of the molecule is CCn1cc(C2CS(=O)(=O)CCN2C(=O)C2CC(C)(C)CC(C)(C)C2)cn1. The monoisotopic (exact) mass is 395 g/mol. The van der Waals surface area contributed by atoms with Crippen molar-refractivity contribution in [1.82, 2.24) is 14.7 Å². The average Bonchev–Trinajstić information content (AvgIpc) is 2.99. The first-order valence-corrected chi connectivity index (χ1v) is 11.8. The molecule has 2 heterocycles. The van der Waals surface area contributed by atoms with E-state index in [0.29, 0.717) is 0 Å². The lowest BCUT2D eigenvalue weighted by Gasteiger charge is -2.46. The second kappa shape index (κ2) is 6.90. The zero-order valence-electron chi connectivity index (χ0n) is 17.2. The van der Waals surface area contributed by atoms with Gasteiger partial charge in [-0.1, -0.05) is 27.7 Å². The normalized spacial score (nSPS) is 27.4. The van der Waals surface area contributed by atoms with E-state index in [-0.39, 0.29) is 40.7 Å². The van der Waals surface area contributed by atoms with Gasteiger partial charge in [-0.15, -0.1) is 0 Å². The van der Waals surface area contributed by atoms with Gasteiger partial charge < -0.3 is 4.90 Å². The molecule has 3 rings (SSSR count). The van der Waals surface area contributed by atoms with Crippen LogP contribution in [0.1, 0.15) is 65.5 Å². The summed E-state index contributed by atoms with van der Waals surface area (Å²) in [6.45, 7) is 11.9. The Hall–Kier alpha value is -1.37. The molecule has 2 aliphatic rings. The molecule has 0 radical (unpaired) electrons. The number of sulfone groups is 1. The first-order chi connectivity index (χ1) is 12.4. The molecule has 1 amide bonds. The summed E-state index contributed by atoms with van der Waals surface area (Å²) < 4.78 is 26.4. The van der Waals surface area contributed by atoms with Crippen LogP contribution in [0.4, 0.5) is 0 Å². The molecule has 7 heteroatoms. The molecule has 1 aromatic heterocycles. The smallest absolute Gasteiger partial charge is 0.226 e. The lowest BCUT2D eigenvalue weighted by Crippen LogP contribution is -2.50. The maximum Gasteiger partial charge on any atom is 0.226 e. The molecule has 6 nitrogen and oxygen atoms in total. The van der Waals surface area contributed by atoms with Gasteiger partial charge >= 0.3 is 0 Å². The molecule has 1 saturated carbocycles. The third kappa shape index (κ3) is 4.55. The first-order valence-electron chi connectivity index (χ1n) is 9.95. The second-order valence-electron chi connectivity index (χ2n) is 9.90. The van der Waals surface area contributed by atoms with Gasteiger partial charge in [-0.05, 0) is 37.0 Å². The quantitative estimate of drug-likeness (QED) is 0.788. The summed E-state index contributed by atoms with van der Waals surface area (Å²) in [6, 6.07) is -0.426. The van der Waals surface area contributed by atoms with Gasteiger partial charge in [0.25, 0.3) is 0 Å². The van der Waals surface area contributed by atoms with E-state index in [1.807, 2.05) is 18.0 Å². The molecular formula is C20H33N3O3S. The lowest BCUT2D eigenvalue weighted by atomic mass is 9.61. The molecule has 2 fully saturated rings. The van der Waals surface area contributed by atoms with Crippen LogP contribution in [0.25, 0.3) is 0 Å². The second-order valence-corrected chi connectivity index (χ2v) is 12.1. The van der Waals surface area contributed by atoms with Crippen molar-refractivity contribution in [2.75, 3.05) is 18.1 Å². The van der Waals surface area contributed by atoms with Gasteiger partial charge in [0, 0.05) is 30.8 Å². The van der Waals surface area contributed by atoms with Crippen molar-refractivity contribution in [3.63, 3.8) is 0 Å². The van der Waals surface area contributed by atoms with Crippen LogP contribution in [0.3, 0.4) is 0 Å². The summed E-state index contributed by atoms with van der Waals surface area (Å²) in [5.41, 5.74) is 1.06. The van der Waals surface area contributed by atoms with Crippen LogP contribution in [0.5, 0.6) is 0 Å². The highest BCUT2D eigenvalue weighted by Gasteiger charge is 2.45. The Labute approximate surface area is 163 Å². The maximum atomic E-state index is 13.5. The molecule has 27 heavy (non-hydrogen) atoms. The molecule has 152 valence electrons. The maximum absolute atomic E-state index is 13.5. The van der Waals surface area contributed by atoms with Crippen LogP contribution in [-0.2, 0) is 21.2 Å². The zero-order chi connectivity index (χ0) is 20.0. The largest absolute Gasteiger partial charge is 0.333 e. The number of nitrogens with zero attached hydrogens (tertiary/aromatic N) is 3. The summed E-state index contributed by atoms with van der Waals surface area (Å²) in [4.78, 5) is 15.3. The third-order valence-corrected chi connectivity index (χ3v) is 7.61. The summed E-state index contributed by atoms with van der Waals surface area (Å²) in [7, 11) is -3.15. The van der Waals surface area contributed by atoms with E-state index in [2.05, 4.69) is 32.8 Å². The van der Waals surface area contributed by atoms with Gasteiger partial charge in [-0.2, -0.15) is 5.10 Å². The number of hydrogen-bond donors (Lipinski definition) is 0. The summed E-state index contributed by atoms with van der Waals surface area (Å²) in [5.74, 6) is 0.109. The first kappa shape index (κ1) is 20.4. The molecule has 0 bridgehead atoms. The number of carbonyl (C=O) groups excluding carboxylic acids is 1. The van der Waals surface area contributed by atoms with Gasteiger partial charge in [0.2, 0.25) is 5.91 Å². The lowest BCUT2D eigenvalue weighted by molar-refractivity contribution is -0.142. The number of amides is 1. The fourth-order valence-corrected chi connectivity index (χ4v) is 6.82. The Kier molecular flexibility index (Phi) is 5.21. The predicted molar refractivity (Wildman–Crippen MR) is 106 cm³/mol. The molecule has 0 spiro atoms. The summed E-state index contributed by atoms with van der Waals surface area (Å²) >= 11 is 0. The highest BCUT2D eigenvalue weighted by molar-refractivity contribution is 7.91. The van der Waals surface area contributed by atoms with E-state index in [1.54, 1.807) is 10.9 Å². The fourth-order valence-electron chi connectivity index (χ4n) is 5.33. The highest BCUT2D eigenvalue weighted by atomic mass is 32.2. The van der Waals surface area contributed by atoms with E-state index in [4.69, 9.17) is 0 Å². The standard InChI is InChI=1S/C20H33N3O3S/c1-6-22-12-16(11-21-22)17-13-27(25,26)8-7-23(17)18(24)15-9-19(2,3)14-20(4,5)10-15/h11-12,15,17H,6-10,13-14H2,1-5H3. The minimum atomic E-state index is -3.15. The Morgan fingerprint density at radius 1 is 1.22 bits per heavy atom. The molecule has 1 atom stereocenters. The molecule has 1 aliphatic heterocycles. The number of aromatic nitrogens is 2. The Balaban J connectivity index is 1.89. The third-order valence-electron chi connectivity index (χ3n) is 5.98. The summed E-state index contributed by atoms with van der Waals surface area (Å²) in [6.07, 6.45) is 6.41. The van der Waals surface area contributed by atoms with E-state index in [9.17, 15) is 13.2 Å². The van der Waals surface area contributed by atoms with Gasteiger partial charge in [0.15, 0.2) is 9.84 Å². The molecule has 0 aromatic carbocycles. The van der Waals surface area contributed by atoms with E-state index in [1.165, 1.54) is 0 Å². The van der Waals surface area contributed by atoms with Crippen molar-refractivity contribution in [2.24, 2.45) is 16.7 Å². The highest BCUT2D eigenvalue weighted by Crippen LogP contribution is 2.49. The van der Waals surface area contributed by atoms with E-state index >= 15 is 0 Å². The van der Waals surface area contributed by atoms with Crippen LogP contribution in [-0.4, -0.2) is 47.1 Å². The Morgan fingerprint density at radius 3 is 2.41 bits per heavy atom. The van der Waals surface area contributed by atoms with Gasteiger partial charge in [-0.3, -0.25) is 9.48 Å².